The van der Waals surface area contributed by atoms with Crippen LogP contribution in [0.4, 0.5) is 4.79 Å². The molecule has 1 N–H and O–H groups in total. The summed E-state index contributed by atoms with van der Waals surface area (Å²) in [6.07, 6.45) is 2.81. The Balaban J connectivity index is 1.49. The molecule has 5 heteroatoms. The van der Waals surface area contributed by atoms with Gasteiger partial charge in [0.15, 0.2) is 0 Å². The minimum Gasteiger partial charge on any atom is -0.445 e. The van der Waals surface area contributed by atoms with Crippen molar-refractivity contribution in [1.82, 2.24) is 15.3 Å². The molecule has 3 aromatic rings. The van der Waals surface area contributed by atoms with E-state index in [2.05, 4.69) is 27.1 Å². The fraction of sp³-hybridized carbons (Fsp3) is 0.105. The lowest BCUT2D eigenvalue weighted by Crippen LogP contribution is -2.24. The van der Waals surface area contributed by atoms with Crippen LogP contribution in [-0.2, 0) is 11.3 Å². The molecule has 0 fully saturated rings. The third-order valence-corrected chi connectivity index (χ3v) is 3.24. The Hall–Kier alpha value is -3.39. The SMILES string of the molecule is O=C(NCC#Cc1ccc2nccnc2c1)OCc1ccccc1. The number of carbonyl (C=O) groups excluding carboxylic acids is 1. The Morgan fingerprint density at radius 2 is 1.83 bits per heavy atom. The molecule has 24 heavy (non-hydrogen) atoms. The molecule has 0 atom stereocenters. The van der Waals surface area contributed by atoms with Crippen molar-refractivity contribution in [2.24, 2.45) is 0 Å². The third-order valence-electron chi connectivity index (χ3n) is 3.24. The highest BCUT2D eigenvalue weighted by Gasteiger charge is 2.00. The van der Waals surface area contributed by atoms with Crippen LogP contribution in [0.15, 0.2) is 60.9 Å². The smallest absolute Gasteiger partial charge is 0.408 e. The van der Waals surface area contributed by atoms with Crippen molar-refractivity contribution in [3.8, 4) is 11.8 Å². The summed E-state index contributed by atoms with van der Waals surface area (Å²) >= 11 is 0. The molecule has 5 nitrogen and oxygen atoms in total. The number of hydrogen-bond acceptors (Lipinski definition) is 4. The molecule has 0 aliphatic rings. The summed E-state index contributed by atoms with van der Waals surface area (Å²) in [6, 6.07) is 15.1. The standard InChI is InChI=1S/C19H15N3O2/c23-19(24-14-16-5-2-1-3-6-16)22-10-4-7-15-8-9-17-18(13-15)21-12-11-20-17/h1-3,5-6,8-9,11-13H,10,14H2,(H,22,23). The number of alkyl carbamates (subject to hydrolysis) is 1. The quantitative estimate of drug-likeness (QED) is 0.754. The first-order valence-electron chi connectivity index (χ1n) is 7.45. The molecule has 1 amide bonds. The molecule has 3 rings (SSSR count). The number of rotatable bonds is 3. The van der Waals surface area contributed by atoms with Crippen LogP contribution in [0.1, 0.15) is 11.1 Å². The van der Waals surface area contributed by atoms with Crippen LogP contribution in [0, 0.1) is 11.8 Å². The molecule has 0 saturated carbocycles. The van der Waals surface area contributed by atoms with E-state index in [1.54, 1.807) is 12.4 Å². The molecule has 2 aromatic carbocycles. The number of carbonyl (C=O) groups is 1. The van der Waals surface area contributed by atoms with E-state index in [-0.39, 0.29) is 13.2 Å². The van der Waals surface area contributed by atoms with Crippen LogP contribution in [-0.4, -0.2) is 22.6 Å². The van der Waals surface area contributed by atoms with Crippen LogP contribution >= 0.6 is 0 Å². The summed E-state index contributed by atoms with van der Waals surface area (Å²) in [5.41, 5.74) is 3.38. The molecule has 1 heterocycles. The summed E-state index contributed by atoms with van der Waals surface area (Å²) < 4.78 is 5.10. The lowest BCUT2D eigenvalue weighted by Gasteiger charge is -2.04. The van der Waals surface area contributed by atoms with Crippen molar-refractivity contribution in [3.63, 3.8) is 0 Å². The van der Waals surface area contributed by atoms with Gasteiger partial charge in [-0.05, 0) is 23.8 Å². The van der Waals surface area contributed by atoms with Crippen LogP contribution in [0.3, 0.4) is 0 Å². The average molecular weight is 317 g/mol. The van der Waals surface area contributed by atoms with Gasteiger partial charge in [-0.25, -0.2) is 4.79 Å². The van der Waals surface area contributed by atoms with Gasteiger partial charge in [-0.2, -0.15) is 0 Å². The zero-order chi connectivity index (χ0) is 16.6. The van der Waals surface area contributed by atoms with Gasteiger partial charge in [0.2, 0.25) is 0 Å². The summed E-state index contributed by atoms with van der Waals surface area (Å²) in [5, 5.41) is 2.60. The molecule has 118 valence electrons. The Morgan fingerprint density at radius 1 is 1.04 bits per heavy atom. The molecular weight excluding hydrogens is 302 g/mol. The molecule has 0 bridgehead atoms. The molecule has 0 spiro atoms. The minimum absolute atomic E-state index is 0.214. The lowest BCUT2D eigenvalue weighted by molar-refractivity contribution is 0.141. The van der Waals surface area contributed by atoms with E-state index in [9.17, 15) is 4.79 Å². The predicted molar refractivity (Wildman–Crippen MR) is 91.0 cm³/mol. The molecule has 0 unspecified atom stereocenters. The first-order chi connectivity index (χ1) is 11.8. The Labute approximate surface area is 139 Å². The number of nitrogens with zero attached hydrogens (tertiary/aromatic N) is 2. The number of ether oxygens (including phenoxy) is 1. The topological polar surface area (TPSA) is 64.1 Å². The van der Waals surface area contributed by atoms with E-state index >= 15 is 0 Å². The monoisotopic (exact) mass is 317 g/mol. The van der Waals surface area contributed by atoms with Crippen molar-refractivity contribution in [2.45, 2.75) is 6.61 Å². The Kier molecular flexibility index (Phi) is 5.00. The van der Waals surface area contributed by atoms with Gasteiger partial charge >= 0.3 is 6.09 Å². The zero-order valence-corrected chi connectivity index (χ0v) is 12.9. The van der Waals surface area contributed by atoms with Gasteiger partial charge < -0.3 is 10.1 Å². The van der Waals surface area contributed by atoms with Gasteiger partial charge in [0.05, 0.1) is 17.6 Å². The fourth-order valence-electron chi connectivity index (χ4n) is 2.08. The highest BCUT2D eigenvalue weighted by molar-refractivity contribution is 5.75. The van der Waals surface area contributed by atoms with Crippen LogP contribution < -0.4 is 5.32 Å². The molecule has 1 aromatic heterocycles. The lowest BCUT2D eigenvalue weighted by atomic mass is 10.2. The van der Waals surface area contributed by atoms with Gasteiger partial charge in [0, 0.05) is 18.0 Å². The second kappa shape index (κ2) is 7.75. The second-order valence-electron chi connectivity index (χ2n) is 4.98. The number of amides is 1. The first kappa shape index (κ1) is 15.5. The van der Waals surface area contributed by atoms with Crippen molar-refractivity contribution < 1.29 is 9.53 Å². The average Bonchev–Trinajstić information content (AvgIpc) is 2.64. The molecule has 0 aliphatic heterocycles. The van der Waals surface area contributed by atoms with Crippen LogP contribution in [0.5, 0.6) is 0 Å². The largest absolute Gasteiger partial charge is 0.445 e. The van der Waals surface area contributed by atoms with E-state index in [0.717, 1.165) is 22.2 Å². The van der Waals surface area contributed by atoms with Crippen molar-refractivity contribution >= 4 is 17.1 Å². The highest BCUT2D eigenvalue weighted by Crippen LogP contribution is 2.09. The number of nitrogens with one attached hydrogen (secondary N) is 1. The molecule has 0 radical (unpaired) electrons. The molecular formula is C19H15N3O2. The molecule has 0 aliphatic carbocycles. The maximum Gasteiger partial charge on any atom is 0.408 e. The number of aromatic nitrogens is 2. The normalized spacial score (nSPS) is 9.83. The zero-order valence-electron chi connectivity index (χ0n) is 12.9. The van der Waals surface area contributed by atoms with E-state index < -0.39 is 6.09 Å². The summed E-state index contributed by atoms with van der Waals surface area (Å²) in [5.74, 6) is 5.86. The fourth-order valence-corrected chi connectivity index (χ4v) is 2.08. The summed E-state index contributed by atoms with van der Waals surface area (Å²) in [7, 11) is 0. The van der Waals surface area contributed by atoms with Crippen LogP contribution in [0.2, 0.25) is 0 Å². The minimum atomic E-state index is -0.488. The third kappa shape index (κ3) is 4.31. The van der Waals surface area contributed by atoms with E-state index in [4.69, 9.17) is 4.74 Å². The summed E-state index contributed by atoms with van der Waals surface area (Å²) in [4.78, 5) is 20.0. The number of benzene rings is 2. The van der Waals surface area contributed by atoms with Gasteiger partial charge in [0.25, 0.3) is 0 Å². The first-order valence-corrected chi connectivity index (χ1v) is 7.45. The van der Waals surface area contributed by atoms with E-state index in [1.165, 1.54) is 0 Å². The predicted octanol–water partition coefficient (Wildman–Crippen LogP) is 2.91. The van der Waals surface area contributed by atoms with E-state index in [1.807, 2.05) is 48.5 Å². The summed E-state index contributed by atoms with van der Waals surface area (Å²) in [6.45, 7) is 0.454. The number of fused-ring (bicyclic) bond motifs is 1. The van der Waals surface area contributed by atoms with Gasteiger partial charge in [-0.3, -0.25) is 9.97 Å². The van der Waals surface area contributed by atoms with Gasteiger partial charge in [-0.15, -0.1) is 0 Å². The van der Waals surface area contributed by atoms with E-state index in [0.29, 0.717) is 0 Å². The maximum atomic E-state index is 11.6. The van der Waals surface area contributed by atoms with Gasteiger partial charge in [0.1, 0.15) is 6.61 Å². The van der Waals surface area contributed by atoms with Gasteiger partial charge in [-0.1, -0.05) is 42.2 Å². The second-order valence-corrected chi connectivity index (χ2v) is 4.98. The number of hydrogen-bond donors (Lipinski definition) is 1. The van der Waals surface area contributed by atoms with Crippen LogP contribution in [0.25, 0.3) is 11.0 Å². The van der Waals surface area contributed by atoms with Crippen molar-refractivity contribution in [3.05, 3.63) is 72.1 Å². The Morgan fingerprint density at radius 3 is 2.67 bits per heavy atom. The van der Waals surface area contributed by atoms with Crippen molar-refractivity contribution in [2.75, 3.05) is 6.54 Å². The highest BCUT2D eigenvalue weighted by atomic mass is 16.5. The molecule has 0 saturated heterocycles. The van der Waals surface area contributed by atoms with Crippen molar-refractivity contribution in [1.29, 1.82) is 0 Å². The maximum absolute atomic E-state index is 11.6. The Bertz CT molecular complexity index is 898.